The predicted molar refractivity (Wildman–Crippen MR) is 133 cm³/mol. The Balaban J connectivity index is 1.53. The van der Waals surface area contributed by atoms with Gasteiger partial charge in [0.1, 0.15) is 12.4 Å². The number of hydrogen-bond acceptors (Lipinski definition) is 4. The number of aryl methyl sites for hydroxylation is 1. The molecule has 33 heavy (non-hydrogen) atoms. The molecule has 0 aliphatic carbocycles. The van der Waals surface area contributed by atoms with Crippen molar-refractivity contribution < 1.29 is 14.3 Å². The number of imidazole rings is 1. The third-order valence-corrected chi connectivity index (χ3v) is 6.11. The van der Waals surface area contributed by atoms with Crippen molar-refractivity contribution >= 4 is 16.9 Å². The zero-order valence-corrected chi connectivity index (χ0v) is 20.2. The lowest BCUT2D eigenvalue weighted by atomic mass is 10.0. The van der Waals surface area contributed by atoms with Gasteiger partial charge in [0.15, 0.2) is 11.5 Å². The number of nitrogens with zero attached hydrogens (tertiary/aromatic N) is 2. The third-order valence-electron chi connectivity index (χ3n) is 6.11. The summed E-state index contributed by atoms with van der Waals surface area (Å²) in [6, 6.07) is 16.0. The van der Waals surface area contributed by atoms with Gasteiger partial charge < -0.3 is 19.4 Å². The van der Waals surface area contributed by atoms with Gasteiger partial charge in [-0.2, -0.15) is 0 Å². The van der Waals surface area contributed by atoms with Gasteiger partial charge in [-0.1, -0.05) is 44.5 Å². The van der Waals surface area contributed by atoms with Crippen molar-refractivity contribution in [1.29, 1.82) is 0 Å². The van der Waals surface area contributed by atoms with Crippen LogP contribution in [0.2, 0.25) is 0 Å². The van der Waals surface area contributed by atoms with Crippen LogP contribution in [0.3, 0.4) is 0 Å². The molecule has 0 atom stereocenters. The molecule has 0 radical (unpaired) electrons. The molecule has 0 unspecified atom stereocenters. The molecule has 178 valence electrons. The highest BCUT2D eigenvalue weighted by Crippen LogP contribution is 2.26. The van der Waals surface area contributed by atoms with Crippen molar-refractivity contribution in [1.82, 2.24) is 14.9 Å². The quantitative estimate of drug-likeness (QED) is 0.334. The Morgan fingerprint density at radius 1 is 1.00 bits per heavy atom. The summed E-state index contributed by atoms with van der Waals surface area (Å²) in [6.07, 6.45) is 5.80. The highest BCUT2D eigenvalue weighted by atomic mass is 16.5. The number of aromatic nitrogens is 2. The van der Waals surface area contributed by atoms with Crippen LogP contribution in [0.1, 0.15) is 51.8 Å². The summed E-state index contributed by atoms with van der Waals surface area (Å²) >= 11 is 0. The number of benzene rings is 2. The summed E-state index contributed by atoms with van der Waals surface area (Å²) in [7, 11) is 1.65. The number of nitrogens with one attached hydrogen (secondary N) is 1. The number of amides is 1. The highest BCUT2D eigenvalue weighted by Gasteiger charge is 2.13. The number of hydrogen-bond donors (Lipinski definition) is 1. The predicted octanol–water partition coefficient (Wildman–Crippen LogP) is 5.39. The van der Waals surface area contributed by atoms with E-state index in [0.717, 1.165) is 80.0 Å². The van der Waals surface area contributed by atoms with Crippen molar-refractivity contribution in [3.8, 4) is 11.5 Å². The zero-order valence-electron chi connectivity index (χ0n) is 20.2. The summed E-state index contributed by atoms with van der Waals surface area (Å²) in [5, 5.41) is 3.08. The fourth-order valence-corrected chi connectivity index (χ4v) is 4.15. The van der Waals surface area contributed by atoms with Crippen LogP contribution >= 0.6 is 0 Å². The molecule has 0 spiro atoms. The number of methoxy groups -OCH3 is 1. The number of para-hydroxylation sites is 4. The summed E-state index contributed by atoms with van der Waals surface area (Å²) in [5.41, 5.74) is 2.15. The van der Waals surface area contributed by atoms with E-state index in [9.17, 15) is 4.79 Å². The molecule has 6 nitrogen and oxygen atoms in total. The molecule has 0 fully saturated rings. The Hall–Kier alpha value is -3.02. The smallest absolute Gasteiger partial charge is 0.223 e. The topological polar surface area (TPSA) is 65.4 Å². The van der Waals surface area contributed by atoms with Gasteiger partial charge in [-0.3, -0.25) is 4.79 Å². The van der Waals surface area contributed by atoms with Crippen LogP contribution in [0.4, 0.5) is 0 Å². The minimum Gasteiger partial charge on any atom is -0.493 e. The second-order valence-electron chi connectivity index (χ2n) is 8.28. The lowest BCUT2D eigenvalue weighted by Gasteiger charge is -2.13. The van der Waals surface area contributed by atoms with Crippen LogP contribution in [0, 0.1) is 5.92 Å². The minimum absolute atomic E-state index is 0.142. The number of fused-ring (bicyclic) bond motifs is 1. The van der Waals surface area contributed by atoms with Crippen molar-refractivity contribution in [3.63, 3.8) is 0 Å². The summed E-state index contributed by atoms with van der Waals surface area (Å²) in [4.78, 5) is 17.0. The summed E-state index contributed by atoms with van der Waals surface area (Å²) in [5.74, 6) is 2.91. The first kappa shape index (κ1) is 24.6. The average Bonchev–Trinajstić information content (AvgIpc) is 3.19. The van der Waals surface area contributed by atoms with E-state index in [1.807, 2.05) is 36.4 Å². The molecule has 1 heterocycles. The third kappa shape index (κ3) is 6.73. The van der Waals surface area contributed by atoms with Crippen LogP contribution in [0.5, 0.6) is 11.5 Å². The van der Waals surface area contributed by atoms with Gasteiger partial charge in [-0.05, 0) is 49.9 Å². The van der Waals surface area contributed by atoms with Gasteiger partial charge in [-0.15, -0.1) is 0 Å². The fraction of sp³-hybridized carbons (Fsp3) is 0.481. The SMILES string of the molecule is CCC(CC)C(=O)NCCCCCc1nc2ccccc2n1CCOc1ccccc1OC. The number of ether oxygens (including phenoxy) is 2. The van der Waals surface area contributed by atoms with E-state index >= 15 is 0 Å². The molecule has 0 saturated carbocycles. The molecular weight excluding hydrogens is 414 g/mol. The van der Waals surface area contributed by atoms with Crippen LogP contribution in [0.15, 0.2) is 48.5 Å². The highest BCUT2D eigenvalue weighted by molar-refractivity contribution is 5.78. The summed E-state index contributed by atoms with van der Waals surface area (Å²) < 4.78 is 13.7. The van der Waals surface area contributed by atoms with Gasteiger partial charge in [0, 0.05) is 18.9 Å². The van der Waals surface area contributed by atoms with Crippen LogP contribution in [-0.2, 0) is 17.8 Å². The first-order chi connectivity index (χ1) is 16.2. The first-order valence-corrected chi connectivity index (χ1v) is 12.2. The van der Waals surface area contributed by atoms with Crippen molar-refractivity contribution in [2.24, 2.45) is 5.92 Å². The molecule has 3 aromatic rings. The molecule has 6 heteroatoms. The molecule has 1 amide bonds. The van der Waals surface area contributed by atoms with Gasteiger partial charge in [0.05, 0.1) is 24.7 Å². The number of rotatable bonds is 14. The van der Waals surface area contributed by atoms with E-state index in [0.29, 0.717) is 6.61 Å². The standard InChI is InChI=1S/C27H37N3O3/c1-4-21(5-2)27(31)28-18-12-6-7-17-26-29-22-13-8-9-14-23(22)30(26)19-20-33-25-16-11-10-15-24(25)32-3/h8-11,13-16,21H,4-7,12,17-20H2,1-3H3,(H,28,31). The number of carbonyl (C=O) groups is 1. The molecular formula is C27H37N3O3. The Bertz CT molecular complexity index is 1010. The second kappa shape index (κ2) is 12.9. The Kier molecular flexibility index (Phi) is 9.60. The molecule has 0 bridgehead atoms. The minimum atomic E-state index is 0.142. The maximum Gasteiger partial charge on any atom is 0.223 e. The van der Waals surface area contributed by atoms with Crippen molar-refractivity contribution in [2.45, 2.75) is 58.9 Å². The van der Waals surface area contributed by atoms with E-state index in [2.05, 4.69) is 35.9 Å². The summed E-state index contributed by atoms with van der Waals surface area (Å²) in [6.45, 7) is 6.15. The lowest BCUT2D eigenvalue weighted by molar-refractivity contribution is -0.125. The first-order valence-electron chi connectivity index (χ1n) is 12.2. The van der Waals surface area contributed by atoms with E-state index in [1.165, 1.54) is 0 Å². The number of carbonyl (C=O) groups excluding carboxylic acids is 1. The molecule has 0 aliphatic rings. The Morgan fingerprint density at radius 2 is 1.73 bits per heavy atom. The van der Waals surface area contributed by atoms with Crippen molar-refractivity contribution in [3.05, 3.63) is 54.4 Å². The largest absolute Gasteiger partial charge is 0.493 e. The van der Waals surface area contributed by atoms with E-state index in [-0.39, 0.29) is 11.8 Å². The zero-order chi connectivity index (χ0) is 23.5. The van der Waals surface area contributed by atoms with E-state index < -0.39 is 0 Å². The molecule has 0 aliphatic heterocycles. The average molecular weight is 452 g/mol. The molecule has 0 saturated heterocycles. The second-order valence-corrected chi connectivity index (χ2v) is 8.28. The van der Waals surface area contributed by atoms with E-state index in [1.54, 1.807) is 7.11 Å². The van der Waals surface area contributed by atoms with Gasteiger partial charge in [-0.25, -0.2) is 4.98 Å². The van der Waals surface area contributed by atoms with Crippen molar-refractivity contribution in [2.75, 3.05) is 20.3 Å². The molecule has 2 aromatic carbocycles. The Labute approximate surface area is 197 Å². The van der Waals surface area contributed by atoms with E-state index in [4.69, 9.17) is 14.5 Å². The fourth-order valence-electron chi connectivity index (χ4n) is 4.15. The molecule has 1 N–H and O–H groups in total. The van der Waals surface area contributed by atoms with Crippen LogP contribution in [0.25, 0.3) is 11.0 Å². The maximum absolute atomic E-state index is 12.1. The Morgan fingerprint density at radius 3 is 2.48 bits per heavy atom. The number of unbranched alkanes of at least 4 members (excludes halogenated alkanes) is 2. The molecule has 1 aromatic heterocycles. The lowest BCUT2D eigenvalue weighted by Crippen LogP contribution is -2.30. The van der Waals surface area contributed by atoms with Gasteiger partial charge >= 0.3 is 0 Å². The van der Waals surface area contributed by atoms with Gasteiger partial charge in [0.25, 0.3) is 0 Å². The monoisotopic (exact) mass is 451 g/mol. The van der Waals surface area contributed by atoms with Gasteiger partial charge in [0.2, 0.25) is 5.91 Å². The molecule has 3 rings (SSSR count). The maximum atomic E-state index is 12.1. The van der Waals surface area contributed by atoms with Crippen LogP contribution < -0.4 is 14.8 Å². The normalized spacial score (nSPS) is 11.2. The van der Waals surface area contributed by atoms with Crippen LogP contribution in [-0.4, -0.2) is 35.7 Å².